The van der Waals surface area contributed by atoms with E-state index < -0.39 is 0 Å². The molecule has 0 saturated carbocycles. The topological polar surface area (TPSA) is 77.2 Å². The fourth-order valence-electron chi connectivity index (χ4n) is 1.90. The highest BCUT2D eigenvalue weighted by Gasteiger charge is 2.15. The van der Waals surface area contributed by atoms with E-state index in [1.807, 2.05) is 42.5 Å². The molecule has 0 aliphatic heterocycles. The van der Waals surface area contributed by atoms with Gasteiger partial charge in [-0.25, -0.2) is 4.63 Å². The molecule has 0 spiro atoms. The first-order valence-corrected chi connectivity index (χ1v) is 7.58. The molecule has 23 heavy (non-hydrogen) atoms. The van der Waals surface area contributed by atoms with E-state index in [4.69, 9.17) is 9.37 Å². The minimum atomic E-state index is -0.346. The van der Waals surface area contributed by atoms with Gasteiger partial charge in [0.1, 0.15) is 5.75 Å². The predicted octanol–water partition coefficient (Wildman–Crippen LogP) is 3.52. The minimum absolute atomic E-state index is 0.136. The van der Waals surface area contributed by atoms with Crippen LogP contribution in [-0.2, 0) is 4.79 Å². The number of hydrogen-bond donors (Lipinski definition) is 1. The average molecular weight is 374 g/mol. The molecule has 7 heteroatoms. The molecule has 3 aromatic rings. The highest BCUT2D eigenvalue weighted by Crippen LogP contribution is 2.23. The molecule has 0 atom stereocenters. The van der Waals surface area contributed by atoms with Crippen molar-refractivity contribution in [3.63, 3.8) is 0 Å². The van der Waals surface area contributed by atoms with Crippen LogP contribution in [0.25, 0.3) is 11.3 Å². The molecule has 0 radical (unpaired) electrons. The number of ether oxygens (including phenoxy) is 1. The van der Waals surface area contributed by atoms with Crippen LogP contribution in [0.2, 0.25) is 0 Å². The zero-order valence-corrected chi connectivity index (χ0v) is 13.5. The fraction of sp³-hybridized carbons (Fsp3) is 0.0625. The van der Waals surface area contributed by atoms with E-state index in [-0.39, 0.29) is 18.3 Å². The van der Waals surface area contributed by atoms with Gasteiger partial charge in [0.15, 0.2) is 12.3 Å². The van der Waals surface area contributed by atoms with Crippen LogP contribution in [0, 0.1) is 0 Å². The Labute approximate surface area is 140 Å². The Balaban J connectivity index is 1.63. The third-order valence-electron chi connectivity index (χ3n) is 2.98. The monoisotopic (exact) mass is 373 g/mol. The molecule has 6 nitrogen and oxygen atoms in total. The van der Waals surface area contributed by atoms with Gasteiger partial charge in [-0.05, 0) is 34.6 Å². The van der Waals surface area contributed by atoms with Crippen molar-refractivity contribution in [1.29, 1.82) is 0 Å². The maximum Gasteiger partial charge on any atom is 0.263 e. The van der Waals surface area contributed by atoms with E-state index in [1.54, 1.807) is 12.1 Å². The van der Waals surface area contributed by atoms with Gasteiger partial charge in [0.2, 0.25) is 5.82 Å². The third kappa shape index (κ3) is 3.95. The number of nitrogens with one attached hydrogen (secondary N) is 1. The van der Waals surface area contributed by atoms with E-state index in [0.29, 0.717) is 11.4 Å². The molecule has 0 unspecified atom stereocenters. The number of halogens is 1. The van der Waals surface area contributed by atoms with Crippen molar-refractivity contribution in [2.45, 2.75) is 0 Å². The number of nitrogens with zero attached hydrogens (tertiary/aromatic N) is 2. The van der Waals surface area contributed by atoms with Crippen LogP contribution >= 0.6 is 15.9 Å². The molecule has 2 aromatic carbocycles. The van der Waals surface area contributed by atoms with Crippen LogP contribution in [-0.4, -0.2) is 22.8 Å². The van der Waals surface area contributed by atoms with Crippen molar-refractivity contribution < 1.29 is 14.2 Å². The normalized spacial score (nSPS) is 10.3. The Bertz CT molecular complexity index is 788. The Kier molecular flexibility index (Phi) is 4.68. The molecule has 116 valence electrons. The summed E-state index contributed by atoms with van der Waals surface area (Å²) in [6, 6.07) is 16.5. The molecule has 0 aliphatic carbocycles. The van der Waals surface area contributed by atoms with Crippen molar-refractivity contribution in [3.05, 3.63) is 59.1 Å². The van der Waals surface area contributed by atoms with Gasteiger partial charge in [-0.15, -0.1) is 0 Å². The first kappa shape index (κ1) is 15.2. The second-order valence-corrected chi connectivity index (χ2v) is 5.53. The maximum absolute atomic E-state index is 12.0. The Morgan fingerprint density at radius 3 is 2.57 bits per heavy atom. The highest BCUT2D eigenvalue weighted by atomic mass is 79.9. The van der Waals surface area contributed by atoms with Crippen LogP contribution < -0.4 is 10.1 Å². The smallest absolute Gasteiger partial charge is 0.263 e. The van der Waals surface area contributed by atoms with E-state index in [0.717, 1.165) is 10.0 Å². The van der Waals surface area contributed by atoms with Crippen LogP contribution in [0.5, 0.6) is 5.75 Å². The summed E-state index contributed by atoms with van der Waals surface area (Å²) in [5.41, 5.74) is 1.28. The lowest BCUT2D eigenvalue weighted by Gasteiger charge is -2.06. The third-order valence-corrected chi connectivity index (χ3v) is 3.51. The molecule has 0 saturated heterocycles. The van der Waals surface area contributed by atoms with E-state index >= 15 is 0 Å². The molecule has 0 fully saturated rings. The quantitative estimate of drug-likeness (QED) is 0.740. The van der Waals surface area contributed by atoms with Crippen molar-refractivity contribution in [2.24, 2.45) is 0 Å². The highest BCUT2D eigenvalue weighted by molar-refractivity contribution is 9.10. The van der Waals surface area contributed by atoms with Crippen molar-refractivity contribution in [3.8, 4) is 17.0 Å². The van der Waals surface area contributed by atoms with Crippen molar-refractivity contribution >= 4 is 27.7 Å². The molecular formula is C16H12BrN3O3. The lowest BCUT2D eigenvalue weighted by atomic mass is 10.1. The zero-order chi connectivity index (χ0) is 16.1. The lowest BCUT2D eigenvalue weighted by Crippen LogP contribution is -2.20. The number of rotatable bonds is 5. The summed E-state index contributed by atoms with van der Waals surface area (Å²) in [7, 11) is 0. The predicted molar refractivity (Wildman–Crippen MR) is 88.0 cm³/mol. The summed E-state index contributed by atoms with van der Waals surface area (Å²) in [4.78, 5) is 12.0. The number of carbonyl (C=O) groups is 1. The molecule has 0 aliphatic rings. The number of hydrogen-bond acceptors (Lipinski definition) is 5. The van der Waals surface area contributed by atoms with Gasteiger partial charge in [0, 0.05) is 10.0 Å². The number of benzene rings is 2. The second-order valence-electron chi connectivity index (χ2n) is 4.62. The summed E-state index contributed by atoms with van der Waals surface area (Å²) in [5.74, 6) is 0.520. The Morgan fingerprint density at radius 1 is 1.09 bits per heavy atom. The summed E-state index contributed by atoms with van der Waals surface area (Å²) >= 11 is 3.33. The van der Waals surface area contributed by atoms with Gasteiger partial charge >= 0.3 is 0 Å². The standard InChI is InChI=1S/C16H12BrN3O3/c17-12-6-8-13(9-7-12)22-10-14(21)18-16-15(19-23-20-16)11-4-2-1-3-5-11/h1-9H,10H2,(H,18,20,21). The zero-order valence-electron chi connectivity index (χ0n) is 11.9. The first-order chi connectivity index (χ1) is 11.2. The molecule has 1 N–H and O–H groups in total. The fourth-order valence-corrected chi connectivity index (χ4v) is 2.17. The Hall–Kier alpha value is -2.67. The summed E-state index contributed by atoms with van der Waals surface area (Å²) < 4.78 is 11.1. The largest absolute Gasteiger partial charge is 0.484 e. The number of aromatic nitrogens is 2. The maximum atomic E-state index is 12.0. The van der Waals surface area contributed by atoms with Crippen molar-refractivity contribution in [2.75, 3.05) is 11.9 Å². The van der Waals surface area contributed by atoms with Crippen LogP contribution in [0.1, 0.15) is 0 Å². The molecule has 1 amide bonds. The molecule has 1 aromatic heterocycles. The van der Waals surface area contributed by atoms with Crippen LogP contribution in [0.4, 0.5) is 5.82 Å². The number of amides is 1. The van der Waals surface area contributed by atoms with Gasteiger partial charge in [0.05, 0.1) is 0 Å². The minimum Gasteiger partial charge on any atom is -0.484 e. The summed E-state index contributed by atoms with van der Waals surface area (Å²) in [6.07, 6.45) is 0. The van der Waals surface area contributed by atoms with E-state index in [1.165, 1.54) is 0 Å². The van der Waals surface area contributed by atoms with Gasteiger partial charge in [-0.1, -0.05) is 46.3 Å². The molecule has 3 rings (SSSR count). The SMILES string of the molecule is O=C(COc1ccc(Br)cc1)Nc1nonc1-c1ccccc1. The lowest BCUT2D eigenvalue weighted by molar-refractivity contribution is -0.118. The van der Waals surface area contributed by atoms with E-state index in [9.17, 15) is 4.79 Å². The van der Waals surface area contributed by atoms with Gasteiger partial charge in [-0.2, -0.15) is 0 Å². The molecular weight excluding hydrogens is 362 g/mol. The number of anilines is 1. The van der Waals surface area contributed by atoms with Crippen LogP contribution in [0.3, 0.4) is 0 Å². The molecule has 1 heterocycles. The average Bonchev–Trinajstić information content (AvgIpc) is 3.03. The van der Waals surface area contributed by atoms with Gasteiger partial charge in [-0.3, -0.25) is 4.79 Å². The van der Waals surface area contributed by atoms with E-state index in [2.05, 4.69) is 31.6 Å². The van der Waals surface area contributed by atoms with Crippen LogP contribution in [0.15, 0.2) is 63.7 Å². The Morgan fingerprint density at radius 2 is 1.83 bits per heavy atom. The molecule has 0 bridgehead atoms. The number of carbonyl (C=O) groups excluding carboxylic acids is 1. The van der Waals surface area contributed by atoms with Gasteiger partial charge in [0.25, 0.3) is 5.91 Å². The van der Waals surface area contributed by atoms with Gasteiger partial charge < -0.3 is 10.1 Å². The summed E-state index contributed by atoms with van der Waals surface area (Å²) in [6.45, 7) is -0.136. The van der Waals surface area contributed by atoms with Crippen molar-refractivity contribution in [1.82, 2.24) is 10.3 Å². The second kappa shape index (κ2) is 7.06. The first-order valence-electron chi connectivity index (χ1n) is 6.78. The summed E-state index contributed by atoms with van der Waals surface area (Å²) in [5, 5.41) is 10.2.